The third-order valence-corrected chi connectivity index (χ3v) is 6.76. The van der Waals surface area contributed by atoms with Crippen LogP contribution < -0.4 is 5.32 Å². The summed E-state index contributed by atoms with van der Waals surface area (Å²) in [5, 5.41) is 3.06. The summed E-state index contributed by atoms with van der Waals surface area (Å²) in [4.78, 5) is 2.58. The van der Waals surface area contributed by atoms with E-state index in [2.05, 4.69) is 10.2 Å². The molecule has 0 bridgehead atoms. The second-order valence-electron chi connectivity index (χ2n) is 6.35. The highest BCUT2D eigenvalue weighted by atomic mass is 32.2. The number of nitrogens with one attached hydrogen (secondary N) is 1. The Morgan fingerprint density at radius 2 is 1.67 bits per heavy atom. The topological polar surface area (TPSA) is 52.7 Å². The Balaban J connectivity index is 1.74. The van der Waals surface area contributed by atoms with Crippen molar-refractivity contribution in [2.24, 2.45) is 0 Å². The summed E-state index contributed by atoms with van der Waals surface area (Å²) >= 11 is 0. The van der Waals surface area contributed by atoms with Crippen LogP contribution in [0, 0.1) is 0 Å². The van der Waals surface area contributed by atoms with Gasteiger partial charge >= 0.3 is 0 Å². The van der Waals surface area contributed by atoms with Crippen LogP contribution in [-0.2, 0) is 10.0 Å². The van der Waals surface area contributed by atoms with E-state index in [0.717, 1.165) is 45.3 Å². The van der Waals surface area contributed by atoms with E-state index in [1.807, 2.05) is 7.05 Å². The van der Waals surface area contributed by atoms with E-state index in [1.165, 1.54) is 32.4 Å². The van der Waals surface area contributed by atoms with Crippen molar-refractivity contribution in [2.45, 2.75) is 51.0 Å². The second kappa shape index (κ2) is 8.46. The molecule has 21 heavy (non-hydrogen) atoms. The van der Waals surface area contributed by atoms with Crippen LogP contribution in [0.3, 0.4) is 0 Å². The second-order valence-corrected chi connectivity index (χ2v) is 8.44. The van der Waals surface area contributed by atoms with Crippen molar-refractivity contribution in [1.29, 1.82) is 0 Å². The smallest absolute Gasteiger partial charge is 0.214 e. The Labute approximate surface area is 130 Å². The molecule has 0 aromatic rings. The van der Waals surface area contributed by atoms with Crippen LogP contribution in [-0.4, -0.2) is 69.2 Å². The van der Waals surface area contributed by atoms with Crippen LogP contribution in [0.2, 0.25) is 0 Å². The molecular weight excluding hydrogens is 286 g/mol. The zero-order chi connectivity index (χ0) is 15.1. The van der Waals surface area contributed by atoms with E-state index < -0.39 is 10.0 Å². The molecule has 0 unspecified atom stereocenters. The maximum Gasteiger partial charge on any atom is 0.214 e. The lowest BCUT2D eigenvalue weighted by molar-refractivity contribution is 0.118. The molecule has 2 saturated heterocycles. The Bertz CT molecular complexity index is 386. The number of likely N-dealkylation sites (tertiary alicyclic amines) is 1. The van der Waals surface area contributed by atoms with Crippen molar-refractivity contribution < 1.29 is 8.42 Å². The molecule has 2 rings (SSSR count). The van der Waals surface area contributed by atoms with Crippen molar-refractivity contribution in [3.63, 3.8) is 0 Å². The molecule has 0 aliphatic carbocycles. The number of hydrogen-bond donors (Lipinski definition) is 1. The summed E-state index contributed by atoms with van der Waals surface area (Å²) in [6.07, 6.45) is 7.69. The SMILES string of the molecule is CNCCCCS(=O)(=O)N1CCC(N2CCCCC2)CC1. The van der Waals surface area contributed by atoms with Gasteiger partial charge < -0.3 is 10.2 Å². The molecule has 0 saturated carbocycles. The van der Waals surface area contributed by atoms with Gasteiger partial charge in [-0.3, -0.25) is 0 Å². The fourth-order valence-electron chi connectivity index (χ4n) is 3.48. The average molecular weight is 317 g/mol. The first kappa shape index (κ1) is 17.2. The number of unbranched alkanes of at least 4 members (excludes halogenated alkanes) is 1. The van der Waals surface area contributed by atoms with Crippen molar-refractivity contribution in [1.82, 2.24) is 14.5 Å². The molecule has 2 fully saturated rings. The molecule has 2 aliphatic heterocycles. The predicted octanol–water partition coefficient (Wildman–Crippen LogP) is 1.27. The van der Waals surface area contributed by atoms with Gasteiger partial charge in [0.25, 0.3) is 0 Å². The molecular formula is C15H31N3O2S. The monoisotopic (exact) mass is 317 g/mol. The molecule has 0 aromatic heterocycles. The molecule has 0 aromatic carbocycles. The highest BCUT2D eigenvalue weighted by molar-refractivity contribution is 7.89. The van der Waals surface area contributed by atoms with Gasteiger partial charge in [0.05, 0.1) is 5.75 Å². The molecule has 5 nitrogen and oxygen atoms in total. The van der Waals surface area contributed by atoms with Crippen LogP contribution in [0.1, 0.15) is 44.9 Å². The Kier molecular flexibility index (Phi) is 6.92. The fourth-order valence-corrected chi connectivity index (χ4v) is 5.08. The summed E-state index contributed by atoms with van der Waals surface area (Å²) < 4.78 is 26.4. The molecule has 1 N–H and O–H groups in total. The largest absolute Gasteiger partial charge is 0.320 e. The fraction of sp³-hybridized carbons (Fsp3) is 1.00. The minimum absolute atomic E-state index is 0.309. The quantitative estimate of drug-likeness (QED) is 0.719. The van der Waals surface area contributed by atoms with Gasteiger partial charge in [-0.25, -0.2) is 12.7 Å². The number of hydrogen-bond acceptors (Lipinski definition) is 4. The van der Waals surface area contributed by atoms with Crippen LogP contribution in [0.25, 0.3) is 0 Å². The van der Waals surface area contributed by atoms with Gasteiger partial charge in [0.2, 0.25) is 10.0 Å². The lowest BCUT2D eigenvalue weighted by Gasteiger charge is -2.39. The number of piperidine rings is 2. The molecule has 0 spiro atoms. The number of sulfonamides is 1. The predicted molar refractivity (Wildman–Crippen MR) is 87.0 cm³/mol. The molecule has 2 heterocycles. The van der Waals surface area contributed by atoms with Crippen molar-refractivity contribution in [3.8, 4) is 0 Å². The lowest BCUT2D eigenvalue weighted by Crippen LogP contribution is -2.48. The lowest BCUT2D eigenvalue weighted by atomic mass is 10.0. The summed E-state index contributed by atoms with van der Waals surface area (Å²) in [6.45, 7) is 4.75. The molecule has 0 atom stereocenters. The first-order chi connectivity index (χ1) is 10.1. The first-order valence-corrected chi connectivity index (χ1v) is 10.1. The number of rotatable bonds is 7. The Hall–Kier alpha value is -0.170. The third-order valence-electron chi connectivity index (χ3n) is 4.80. The maximum atomic E-state index is 12.3. The van der Waals surface area contributed by atoms with Gasteiger partial charge in [-0.2, -0.15) is 0 Å². The third kappa shape index (κ3) is 5.20. The summed E-state index contributed by atoms with van der Waals surface area (Å²) in [6, 6.07) is 0.612. The zero-order valence-electron chi connectivity index (χ0n) is 13.4. The van der Waals surface area contributed by atoms with E-state index in [-0.39, 0.29) is 0 Å². The van der Waals surface area contributed by atoms with Gasteiger partial charge in [-0.05, 0) is 65.2 Å². The molecule has 0 radical (unpaired) electrons. The van der Waals surface area contributed by atoms with E-state index in [9.17, 15) is 8.42 Å². The minimum atomic E-state index is -3.03. The summed E-state index contributed by atoms with van der Waals surface area (Å²) in [7, 11) is -1.13. The van der Waals surface area contributed by atoms with E-state index in [4.69, 9.17) is 0 Å². The summed E-state index contributed by atoms with van der Waals surface area (Å²) in [5.41, 5.74) is 0. The molecule has 124 valence electrons. The van der Waals surface area contributed by atoms with Gasteiger partial charge in [-0.1, -0.05) is 6.42 Å². The average Bonchev–Trinajstić information content (AvgIpc) is 2.53. The van der Waals surface area contributed by atoms with Gasteiger partial charge in [0.1, 0.15) is 0 Å². The molecule has 6 heteroatoms. The van der Waals surface area contributed by atoms with E-state index in [0.29, 0.717) is 11.8 Å². The van der Waals surface area contributed by atoms with Gasteiger partial charge in [-0.15, -0.1) is 0 Å². The van der Waals surface area contributed by atoms with Crippen LogP contribution in [0.15, 0.2) is 0 Å². The Morgan fingerprint density at radius 1 is 1.00 bits per heavy atom. The van der Waals surface area contributed by atoms with Crippen LogP contribution >= 0.6 is 0 Å². The summed E-state index contributed by atoms with van der Waals surface area (Å²) in [5.74, 6) is 0.309. The van der Waals surface area contributed by atoms with E-state index >= 15 is 0 Å². The van der Waals surface area contributed by atoms with Crippen molar-refractivity contribution in [2.75, 3.05) is 45.5 Å². The maximum absolute atomic E-state index is 12.3. The van der Waals surface area contributed by atoms with E-state index in [1.54, 1.807) is 4.31 Å². The van der Waals surface area contributed by atoms with Gasteiger partial charge in [0, 0.05) is 19.1 Å². The number of nitrogens with zero attached hydrogens (tertiary/aromatic N) is 2. The Morgan fingerprint density at radius 3 is 2.29 bits per heavy atom. The highest BCUT2D eigenvalue weighted by Crippen LogP contribution is 2.22. The first-order valence-electron chi connectivity index (χ1n) is 8.50. The minimum Gasteiger partial charge on any atom is -0.320 e. The standard InChI is InChI=1S/C15H31N3O2S/c1-16-9-3-6-14-21(19,20)18-12-7-15(8-13-18)17-10-4-2-5-11-17/h15-16H,2-14H2,1H3. The van der Waals surface area contributed by atoms with Crippen LogP contribution in [0.5, 0.6) is 0 Å². The molecule has 0 amide bonds. The normalized spacial score (nSPS) is 23.5. The van der Waals surface area contributed by atoms with Crippen molar-refractivity contribution >= 4 is 10.0 Å². The van der Waals surface area contributed by atoms with Gasteiger partial charge in [0.15, 0.2) is 0 Å². The van der Waals surface area contributed by atoms with Crippen molar-refractivity contribution in [3.05, 3.63) is 0 Å². The molecule has 2 aliphatic rings. The van der Waals surface area contributed by atoms with Crippen LogP contribution in [0.4, 0.5) is 0 Å². The highest BCUT2D eigenvalue weighted by Gasteiger charge is 2.30. The zero-order valence-corrected chi connectivity index (χ0v) is 14.2.